The first kappa shape index (κ1) is 21.0. The number of carbonyl (C=O) groups is 1. The summed E-state index contributed by atoms with van der Waals surface area (Å²) in [5, 5.41) is 0. The number of likely N-dealkylation sites (N-methyl/N-ethyl adjacent to an activating group) is 1. The number of hydrogen-bond acceptors (Lipinski definition) is 6. The first-order chi connectivity index (χ1) is 14.0. The van der Waals surface area contributed by atoms with Gasteiger partial charge in [-0.2, -0.15) is 0 Å². The van der Waals surface area contributed by atoms with Crippen LogP contribution in [-0.2, 0) is 6.54 Å². The number of amides is 1. The number of nitrogens with two attached hydrogens (primary N) is 1. The van der Waals surface area contributed by atoms with Gasteiger partial charge in [0.15, 0.2) is 23.0 Å². The van der Waals surface area contributed by atoms with Gasteiger partial charge in [-0.3, -0.25) is 4.79 Å². The summed E-state index contributed by atoms with van der Waals surface area (Å²) in [6.07, 6.45) is 0.971. The Labute approximate surface area is 171 Å². The number of benzene rings is 2. The van der Waals surface area contributed by atoms with Crippen molar-refractivity contribution in [2.24, 2.45) is 5.73 Å². The largest absolute Gasteiger partial charge is 0.493 e. The normalized spacial score (nSPS) is 15.0. The average molecular weight is 399 g/mol. The highest BCUT2D eigenvalue weighted by Crippen LogP contribution is 2.37. The van der Waals surface area contributed by atoms with Crippen LogP contribution in [0.3, 0.4) is 0 Å². The predicted molar refractivity (Wildman–Crippen MR) is 112 cm³/mol. The Hall–Kier alpha value is -2.77. The molecule has 0 bridgehead atoms. The van der Waals surface area contributed by atoms with Gasteiger partial charge in [-0.15, -0.1) is 0 Å². The van der Waals surface area contributed by atoms with Crippen LogP contribution in [0, 0.1) is 0 Å². The molecule has 156 valence electrons. The molecular weight excluding hydrogens is 370 g/mol. The maximum atomic E-state index is 12.9. The summed E-state index contributed by atoms with van der Waals surface area (Å²) in [5.41, 5.74) is 7.23. The van der Waals surface area contributed by atoms with E-state index in [0.29, 0.717) is 35.1 Å². The molecule has 0 atom stereocenters. The van der Waals surface area contributed by atoms with Crippen molar-refractivity contribution in [1.82, 2.24) is 9.80 Å². The third kappa shape index (κ3) is 4.99. The molecule has 1 amide bonds. The van der Waals surface area contributed by atoms with Gasteiger partial charge in [-0.1, -0.05) is 6.07 Å². The van der Waals surface area contributed by atoms with E-state index in [1.165, 1.54) is 0 Å². The fourth-order valence-electron chi connectivity index (χ4n) is 3.36. The molecule has 0 aromatic heterocycles. The number of hydrogen-bond donors (Lipinski definition) is 1. The highest BCUT2D eigenvalue weighted by molar-refractivity contribution is 5.95. The average Bonchev–Trinajstić information content (AvgIpc) is 2.98. The van der Waals surface area contributed by atoms with E-state index < -0.39 is 0 Å². The Morgan fingerprint density at radius 2 is 1.62 bits per heavy atom. The van der Waals surface area contributed by atoms with Crippen molar-refractivity contribution in [1.29, 1.82) is 0 Å². The van der Waals surface area contributed by atoms with Gasteiger partial charge in [0.05, 0.1) is 14.2 Å². The van der Waals surface area contributed by atoms with Crippen LogP contribution in [0.2, 0.25) is 0 Å². The smallest absolute Gasteiger partial charge is 0.254 e. The lowest BCUT2D eigenvalue weighted by Crippen LogP contribution is -2.34. The highest BCUT2D eigenvalue weighted by atomic mass is 16.5. The third-order valence-electron chi connectivity index (χ3n) is 5.10. The van der Waals surface area contributed by atoms with Gasteiger partial charge in [0.25, 0.3) is 5.91 Å². The molecule has 2 N–H and O–H groups in total. The Balaban J connectivity index is 1.81. The lowest BCUT2D eigenvalue weighted by Gasteiger charge is -2.21. The minimum absolute atomic E-state index is 0.00929. The molecular formula is C22H29N3O4. The summed E-state index contributed by atoms with van der Waals surface area (Å²) in [6, 6.07) is 10.8. The SMILES string of the molecule is COc1cc(CN)ccc1Oc1ccc(C(=O)N2CCCN(C)CC2)cc1OC. The summed E-state index contributed by atoms with van der Waals surface area (Å²) < 4.78 is 16.9. The summed E-state index contributed by atoms with van der Waals surface area (Å²) in [7, 11) is 5.23. The second kappa shape index (κ2) is 9.62. The Bertz CT molecular complexity index is 856. The molecule has 2 aromatic carbocycles. The van der Waals surface area contributed by atoms with E-state index in [-0.39, 0.29) is 5.91 Å². The molecule has 29 heavy (non-hydrogen) atoms. The van der Waals surface area contributed by atoms with E-state index in [2.05, 4.69) is 11.9 Å². The van der Waals surface area contributed by atoms with Crippen LogP contribution < -0.4 is 19.9 Å². The minimum Gasteiger partial charge on any atom is -0.493 e. The van der Waals surface area contributed by atoms with Gasteiger partial charge in [0.1, 0.15) is 0 Å². The monoisotopic (exact) mass is 399 g/mol. The molecule has 2 aromatic rings. The van der Waals surface area contributed by atoms with Crippen molar-refractivity contribution >= 4 is 5.91 Å². The van der Waals surface area contributed by atoms with Crippen molar-refractivity contribution in [2.45, 2.75) is 13.0 Å². The number of ether oxygens (including phenoxy) is 3. The van der Waals surface area contributed by atoms with Gasteiger partial charge in [-0.25, -0.2) is 0 Å². The van der Waals surface area contributed by atoms with Gasteiger partial charge in [-0.05, 0) is 55.9 Å². The molecule has 0 spiro atoms. The van der Waals surface area contributed by atoms with E-state index in [1.54, 1.807) is 32.4 Å². The van der Waals surface area contributed by atoms with Gasteiger partial charge in [0.2, 0.25) is 0 Å². The topological polar surface area (TPSA) is 77.3 Å². The van der Waals surface area contributed by atoms with Gasteiger partial charge < -0.3 is 29.7 Å². The summed E-state index contributed by atoms with van der Waals surface area (Å²) in [4.78, 5) is 17.1. The Kier molecular flexibility index (Phi) is 6.95. The van der Waals surface area contributed by atoms with Crippen molar-refractivity contribution in [3.63, 3.8) is 0 Å². The standard InChI is InChI=1S/C22H29N3O4/c1-24-9-4-10-25(12-11-24)22(26)17-6-8-19(21(14-17)28-3)29-18-7-5-16(15-23)13-20(18)27-2/h5-8,13-14H,4,9-12,15,23H2,1-3H3. The minimum atomic E-state index is 0.00929. The summed E-state index contributed by atoms with van der Waals surface area (Å²) in [5.74, 6) is 2.16. The maximum Gasteiger partial charge on any atom is 0.254 e. The van der Waals surface area contributed by atoms with Crippen LogP contribution in [0.1, 0.15) is 22.3 Å². The van der Waals surface area contributed by atoms with Gasteiger partial charge in [0, 0.05) is 31.7 Å². The van der Waals surface area contributed by atoms with Crippen LogP contribution >= 0.6 is 0 Å². The fourth-order valence-corrected chi connectivity index (χ4v) is 3.36. The lowest BCUT2D eigenvalue weighted by molar-refractivity contribution is 0.0762. The quantitative estimate of drug-likeness (QED) is 0.805. The van der Waals surface area contributed by atoms with E-state index in [4.69, 9.17) is 19.9 Å². The number of rotatable bonds is 6. The molecule has 1 saturated heterocycles. The van der Waals surface area contributed by atoms with E-state index in [0.717, 1.165) is 38.2 Å². The molecule has 1 heterocycles. The molecule has 0 aliphatic carbocycles. The van der Waals surface area contributed by atoms with Crippen LogP contribution in [-0.4, -0.2) is 63.2 Å². The van der Waals surface area contributed by atoms with Crippen LogP contribution in [0.5, 0.6) is 23.0 Å². The Morgan fingerprint density at radius 3 is 2.31 bits per heavy atom. The van der Waals surface area contributed by atoms with Crippen LogP contribution in [0.4, 0.5) is 0 Å². The van der Waals surface area contributed by atoms with Crippen molar-refractivity contribution < 1.29 is 19.0 Å². The highest BCUT2D eigenvalue weighted by Gasteiger charge is 2.21. The van der Waals surface area contributed by atoms with Crippen LogP contribution in [0.15, 0.2) is 36.4 Å². The zero-order valence-corrected chi connectivity index (χ0v) is 17.3. The second-order valence-electron chi connectivity index (χ2n) is 7.11. The van der Waals surface area contributed by atoms with E-state index in [1.807, 2.05) is 23.1 Å². The maximum absolute atomic E-state index is 12.9. The molecule has 7 nitrogen and oxygen atoms in total. The molecule has 1 aliphatic heterocycles. The van der Waals surface area contributed by atoms with Crippen molar-refractivity contribution in [2.75, 3.05) is 47.4 Å². The summed E-state index contributed by atoms with van der Waals surface area (Å²) >= 11 is 0. The molecule has 0 saturated carbocycles. The second-order valence-corrected chi connectivity index (χ2v) is 7.11. The Morgan fingerprint density at radius 1 is 0.931 bits per heavy atom. The van der Waals surface area contributed by atoms with E-state index >= 15 is 0 Å². The molecule has 0 radical (unpaired) electrons. The first-order valence-corrected chi connectivity index (χ1v) is 9.76. The van der Waals surface area contributed by atoms with Crippen molar-refractivity contribution in [3.8, 4) is 23.0 Å². The number of carbonyl (C=O) groups excluding carboxylic acids is 1. The lowest BCUT2D eigenvalue weighted by atomic mass is 10.1. The first-order valence-electron chi connectivity index (χ1n) is 9.76. The van der Waals surface area contributed by atoms with Gasteiger partial charge >= 0.3 is 0 Å². The zero-order chi connectivity index (χ0) is 20.8. The van der Waals surface area contributed by atoms with Crippen molar-refractivity contribution in [3.05, 3.63) is 47.5 Å². The van der Waals surface area contributed by atoms with E-state index in [9.17, 15) is 4.79 Å². The third-order valence-corrected chi connectivity index (χ3v) is 5.10. The predicted octanol–water partition coefficient (Wildman–Crippen LogP) is 2.73. The number of nitrogens with zero attached hydrogens (tertiary/aromatic N) is 2. The molecule has 3 rings (SSSR count). The molecule has 0 unspecified atom stereocenters. The van der Waals surface area contributed by atoms with Crippen LogP contribution in [0.25, 0.3) is 0 Å². The number of methoxy groups -OCH3 is 2. The molecule has 1 fully saturated rings. The zero-order valence-electron chi connectivity index (χ0n) is 17.3. The molecule has 1 aliphatic rings. The molecule has 7 heteroatoms. The fraction of sp³-hybridized carbons (Fsp3) is 0.409. The summed E-state index contributed by atoms with van der Waals surface area (Å²) in [6.45, 7) is 3.78.